The van der Waals surface area contributed by atoms with Gasteiger partial charge in [-0.2, -0.15) is 0 Å². The lowest BCUT2D eigenvalue weighted by Crippen LogP contribution is -2.37. The van der Waals surface area contributed by atoms with Crippen molar-refractivity contribution < 1.29 is 9.59 Å². The number of imide groups is 1. The average molecular weight is 197 g/mol. The van der Waals surface area contributed by atoms with Crippen LogP contribution in [0.4, 0.5) is 4.79 Å². The van der Waals surface area contributed by atoms with E-state index >= 15 is 0 Å². The number of rotatable bonds is 3. The molecule has 1 atom stereocenters. The molecule has 1 saturated heterocycles. The van der Waals surface area contributed by atoms with E-state index in [1.807, 2.05) is 0 Å². The average Bonchev–Trinajstić information content (AvgIpc) is 2.93. The first-order chi connectivity index (χ1) is 6.66. The third kappa shape index (κ3) is 1.28. The van der Waals surface area contributed by atoms with Crippen molar-refractivity contribution in [3.05, 3.63) is 0 Å². The van der Waals surface area contributed by atoms with Crippen LogP contribution in [0.15, 0.2) is 0 Å². The van der Waals surface area contributed by atoms with E-state index in [-0.39, 0.29) is 24.0 Å². The predicted molar refractivity (Wildman–Crippen MR) is 50.5 cm³/mol. The van der Waals surface area contributed by atoms with Crippen LogP contribution in [0.3, 0.4) is 0 Å². The van der Waals surface area contributed by atoms with Crippen molar-refractivity contribution in [3.8, 4) is 0 Å². The quantitative estimate of drug-likeness (QED) is 0.635. The predicted octanol–water partition coefficient (Wildman–Crippen LogP) is -0.240. The van der Waals surface area contributed by atoms with Crippen molar-refractivity contribution in [1.82, 2.24) is 9.80 Å². The van der Waals surface area contributed by atoms with Crippen LogP contribution in [0.5, 0.6) is 0 Å². The molecule has 0 bridgehead atoms. The summed E-state index contributed by atoms with van der Waals surface area (Å²) in [5.41, 5.74) is 5.39. The Morgan fingerprint density at radius 3 is 2.57 bits per heavy atom. The number of nitrogens with two attached hydrogens (primary N) is 1. The van der Waals surface area contributed by atoms with Crippen molar-refractivity contribution in [2.24, 2.45) is 5.73 Å². The Balaban J connectivity index is 2.14. The number of urea groups is 1. The minimum atomic E-state index is -0.327. The molecule has 0 aromatic carbocycles. The van der Waals surface area contributed by atoms with Gasteiger partial charge in [-0.25, -0.2) is 4.79 Å². The minimum absolute atomic E-state index is 0.0639. The molecule has 2 fully saturated rings. The van der Waals surface area contributed by atoms with Crippen LogP contribution in [0.1, 0.15) is 19.8 Å². The maximum Gasteiger partial charge on any atom is 0.327 e. The number of nitrogens with zero attached hydrogens (tertiary/aromatic N) is 2. The molecule has 5 nitrogen and oxygen atoms in total. The van der Waals surface area contributed by atoms with Crippen LogP contribution < -0.4 is 5.73 Å². The molecule has 0 aromatic rings. The number of hydrogen-bond acceptors (Lipinski definition) is 3. The lowest BCUT2D eigenvalue weighted by atomic mass is 10.3. The Labute approximate surface area is 82.8 Å². The van der Waals surface area contributed by atoms with Crippen molar-refractivity contribution in [3.63, 3.8) is 0 Å². The number of carbonyl (C=O) groups is 2. The lowest BCUT2D eigenvalue weighted by molar-refractivity contribution is -0.128. The second-order valence-corrected chi connectivity index (χ2v) is 3.88. The smallest absolute Gasteiger partial charge is 0.327 e. The fraction of sp³-hybridized carbons (Fsp3) is 0.778. The van der Waals surface area contributed by atoms with Gasteiger partial charge in [0, 0.05) is 19.1 Å². The Morgan fingerprint density at radius 1 is 1.43 bits per heavy atom. The molecule has 2 aliphatic rings. The highest BCUT2D eigenvalue weighted by molar-refractivity contribution is 6.04. The maximum absolute atomic E-state index is 11.8. The standard InChI is InChI=1S/C9H15N3O2/c1-6-8(13)12(7-2-3-7)9(14)11(6)5-4-10/h6-7H,2-5,10H2,1H3. The second kappa shape index (κ2) is 3.24. The molecular formula is C9H15N3O2. The summed E-state index contributed by atoms with van der Waals surface area (Å²) in [5.74, 6) is -0.0639. The number of carbonyl (C=O) groups excluding carboxylic acids is 2. The zero-order valence-corrected chi connectivity index (χ0v) is 8.27. The summed E-state index contributed by atoms with van der Waals surface area (Å²) in [5, 5.41) is 0. The first kappa shape index (κ1) is 9.45. The molecule has 1 unspecified atom stereocenters. The normalized spacial score (nSPS) is 27.7. The molecule has 1 saturated carbocycles. The van der Waals surface area contributed by atoms with Gasteiger partial charge in [0.05, 0.1) is 0 Å². The van der Waals surface area contributed by atoms with E-state index < -0.39 is 0 Å². The van der Waals surface area contributed by atoms with Crippen LogP contribution in [-0.4, -0.2) is 46.9 Å². The molecule has 0 spiro atoms. The van der Waals surface area contributed by atoms with Crippen molar-refractivity contribution >= 4 is 11.9 Å². The monoisotopic (exact) mass is 197 g/mol. The summed E-state index contributed by atoms with van der Waals surface area (Å²) in [6.07, 6.45) is 1.92. The fourth-order valence-corrected chi connectivity index (χ4v) is 1.83. The molecule has 2 rings (SSSR count). The first-order valence-corrected chi connectivity index (χ1v) is 5.00. The van der Waals surface area contributed by atoms with Gasteiger partial charge >= 0.3 is 6.03 Å². The molecule has 3 amide bonds. The third-order valence-corrected chi connectivity index (χ3v) is 2.80. The molecule has 0 aromatic heterocycles. The molecule has 1 heterocycles. The molecule has 1 aliphatic heterocycles. The van der Waals surface area contributed by atoms with E-state index in [0.29, 0.717) is 13.1 Å². The molecular weight excluding hydrogens is 182 g/mol. The van der Waals surface area contributed by atoms with Gasteiger partial charge in [-0.05, 0) is 19.8 Å². The highest BCUT2D eigenvalue weighted by Gasteiger charge is 2.48. The van der Waals surface area contributed by atoms with Gasteiger partial charge in [-0.3, -0.25) is 9.69 Å². The second-order valence-electron chi connectivity index (χ2n) is 3.88. The van der Waals surface area contributed by atoms with Crippen molar-refractivity contribution in [1.29, 1.82) is 0 Å². The van der Waals surface area contributed by atoms with Crippen LogP contribution in [0, 0.1) is 0 Å². The summed E-state index contributed by atoms with van der Waals surface area (Å²) in [4.78, 5) is 26.4. The minimum Gasteiger partial charge on any atom is -0.329 e. The summed E-state index contributed by atoms with van der Waals surface area (Å²) < 4.78 is 0. The molecule has 0 radical (unpaired) electrons. The van der Waals surface area contributed by atoms with Crippen molar-refractivity contribution in [2.75, 3.05) is 13.1 Å². The van der Waals surface area contributed by atoms with Gasteiger partial charge in [0.1, 0.15) is 6.04 Å². The first-order valence-electron chi connectivity index (χ1n) is 5.00. The largest absolute Gasteiger partial charge is 0.329 e. The topological polar surface area (TPSA) is 66.6 Å². The Kier molecular flexibility index (Phi) is 2.19. The highest BCUT2D eigenvalue weighted by atomic mass is 16.2. The van der Waals surface area contributed by atoms with E-state index in [2.05, 4.69) is 0 Å². The molecule has 78 valence electrons. The summed E-state index contributed by atoms with van der Waals surface area (Å²) in [6.45, 7) is 2.63. The van der Waals surface area contributed by atoms with Gasteiger partial charge in [-0.1, -0.05) is 0 Å². The number of hydrogen-bond donors (Lipinski definition) is 1. The molecule has 14 heavy (non-hydrogen) atoms. The van der Waals surface area contributed by atoms with Crippen molar-refractivity contribution in [2.45, 2.75) is 31.8 Å². The Hall–Kier alpha value is -1.10. The SMILES string of the molecule is CC1C(=O)N(C2CC2)C(=O)N1CCN. The van der Waals surface area contributed by atoms with Crippen LogP contribution in [0.25, 0.3) is 0 Å². The molecule has 2 N–H and O–H groups in total. The molecule has 1 aliphatic carbocycles. The van der Waals surface area contributed by atoms with E-state index in [4.69, 9.17) is 5.73 Å². The fourth-order valence-electron chi connectivity index (χ4n) is 1.83. The number of amides is 3. The van der Waals surface area contributed by atoms with Crippen LogP contribution in [-0.2, 0) is 4.79 Å². The summed E-state index contributed by atoms with van der Waals surface area (Å²) in [6, 6.07) is -0.317. The van der Waals surface area contributed by atoms with E-state index in [1.54, 1.807) is 11.8 Å². The summed E-state index contributed by atoms with van der Waals surface area (Å²) in [7, 11) is 0. The Bertz CT molecular complexity index is 275. The van der Waals surface area contributed by atoms with Crippen LogP contribution >= 0.6 is 0 Å². The maximum atomic E-state index is 11.8. The van der Waals surface area contributed by atoms with Gasteiger partial charge in [0.25, 0.3) is 5.91 Å². The zero-order valence-electron chi connectivity index (χ0n) is 8.27. The molecule has 5 heteroatoms. The lowest BCUT2D eigenvalue weighted by Gasteiger charge is -2.17. The van der Waals surface area contributed by atoms with Gasteiger partial charge < -0.3 is 10.6 Å². The highest BCUT2D eigenvalue weighted by Crippen LogP contribution is 2.32. The van der Waals surface area contributed by atoms with Gasteiger partial charge in [0.15, 0.2) is 0 Å². The van der Waals surface area contributed by atoms with Gasteiger partial charge in [-0.15, -0.1) is 0 Å². The third-order valence-electron chi connectivity index (χ3n) is 2.80. The van der Waals surface area contributed by atoms with Gasteiger partial charge in [0.2, 0.25) is 0 Å². The van der Waals surface area contributed by atoms with Crippen LogP contribution in [0.2, 0.25) is 0 Å². The van der Waals surface area contributed by atoms with E-state index in [0.717, 1.165) is 12.8 Å². The van der Waals surface area contributed by atoms with E-state index in [9.17, 15) is 9.59 Å². The summed E-state index contributed by atoms with van der Waals surface area (Å²) >= 11 is 0. The van der Waals surface area contributed by atoms with E-state index in [1.165, 1.54) is 4.90 Å². The zero-order chi connectivity index (χ0) is 10.3. The Morgan fingerprint density at radius 2 is 2.07 bits per heavy atom.